The number of carbonyl (C=O) groups excluding carboxylic acids is 1. The smallest absolute Gasteiger partial charge is 0.225 e. The standard InChI is InChI=1S/C19H23N5O/c1-12-16(14(3)24(4)23-12)10-18(25)21-13(2)19-20-11-17(22-19)15-8-6-5-7-9-15/h5-9,11,13H,10H2,1-4H3,(H,20,22)(H,21,25)/t13-/m0/s1. The number of rotatable bonds is 5. The molecule has 1 atom stereocenters. The van der Waals surface area contributed by atoms with E-state index in [-0.39, 0.29) is 11.9 Å². The third kappa shape index (κ3) is 3.63. The maximum absolute atomic E-state index is 12.4. The van der Waals surface area contributed by atoms with Gasteiger partial charge in [-0.05, 0) is 26.3 Å². The predicted octanol–water partition coefficient (Wildman–Crippen LogP) is 2.85. The Kier molecular flexibility index (Phi) is 4.70. The summed E-state index contributed by atoms with van der Waals surface area (Å²) < 4.78 is 1.81. The number of nitrogens with zero attached hydrogens (tertiary/aromatic N) is 3. The van der Waals surface area contributed by atoms with Crippen LogP contribution in [-0.2, 0) is 18.3 Å². The molecule has 130 valence electrons. The van der Waals surface area contributed by atoms with Gasteiger partial charge in [-0.25, -0.2) is 4.98 Å². The largest absolute Gasteiger partial charge is 0.346 e. The van der Waals surface area contributed by atoms with E-state index in [9.17, 15) is 4.79 Å². The summed E-state index contributed by atoms with van der Waals surface area (Å²) in [5.41, 5.74) is 4.91. The zero-order valence-electron chi connectivity index (χ0n) is 15.0. The van der Waals surface area contributed by atoms with Gasteiger partial charge in [-0.1, -0.05) is 30.3 Å². The van der Waals surface area contributed by atoms with Crippen LogP contribution in [0.1, 0.15) is 35.7 Å². The summed E-state index contributed by atoms with van der Waals surface area (Å²) in [6.45, 7) is 5.83. The van der Waals surface area contributed by atoms with Crippen molar-refractivity contribution in [1.82, 2.24) is 25.1 Å². The van der Waals surface area contributed by atoms with Gasteiger partial charge >= 0.3 is 0 Å². The lowest BCUT2D eigenvalue weighted by Crippen LogP contribution is -2.29. The molecule has 0 saturated carbocycles. The zero-order valence-corrected chi connectivity index (χ0v) is 15.0. The fourth-order valence-corrected chi connectivity index (χ4v) is 2.92. The van der Waals surface area contributed by atoms with Gasteiger partial charge in [-0.3, -0.25) is 9.48 Å². The highest BCUT2D eigenvalue weighted by Crippen LogP contribution is 2.19. The summed E-state index contributed by atoms with van der Waals surface area (Å²) in [5.74, 6) is 0.705. The van der Waals surface area contributed by atoms with Crippen molar-refractivity contribution in [3.63, 3.8) is 0 Å². The minimum atomic E-state index is -0.192. The lowest BCUT2D eigenvalue weighted by atomic mass is 10.1. The second-order valence-corrected chi connectivity index (χ2v) is 6.29. The molecule has 0 bridgehead atoms. The third-order valence-corrected chi connectivity index (χ3v) is 4.46. The first-order valence-corrected chi connectivity index (χ1v) is 8.34. The van der Waals surface area contributed by atoms with E-state index in [1.165, 1.54) is 0 Å². The van der Waals surface area contributed by atoms with Crippen LogP contribution < -0.4 is 5.32 Å². The van der Waals surface area contributed by atoms with Crippen LogP contribution in [0.3, 0.4) is 0 Å². The molecular formula is C19H23N5O. The number of aryl methyl sites for hydroxylation is 2. The van der Waals surface area contributed by atoms with Gasteiger partial charge in [-0.15, -0.1) is 0 Å². The van der Waals surface area contributed by atoms with Crippen LogP contribution in [0, 0.1) is 13.8 Å². The van der Waals surface area contributed by atoms with Crippen LogP contribution in [0.4, 0.5) is 0 Å². The highest BCUT2D eigenvalue weighted by Gasteiger charge is 2.17. The monoisotopic (exact) mass is 337 g/mol. The van der Waals surface area contributed by atoms with Gasteiger partial charge in [0.05, 0.1) is 30.0 Å². The molecule has 0 aliphatic rings. The normalized spacial score (nSPS) is 12.2. The summed E-state index contributed by atoms with van der Waals surface area (Å²) in [6.07, 6.45) is 2.12. The Morgan fingerprint density at radius 1 is 1.28 bits per heavy atom. The van der Waals surface area contributed by atoms with Crippen molar-refractivity contribution in [3.8, 4) is 11.3 Å². The van der Waals surface area contributed by atoms with Crippen molar-refractivity contribution in [2.75, 3.05) is 0 Å². The molecule has 2 aromatic heterocycles. The van der Waals surface area contributed by atoms with Crippen LogP contribution in [-0.4, -0.2) is 25.7 Å². The molecule has 0 unspecified atom stereocenters. The van der Waals surface area contributed by atoms with Gasteiger partial charge in [-0.2, -0.15) is 5.10 Å². The minimum absolute atomic E-state index is 0.0376. The maximum atomic E-state index is 12.4. The molecule has 2 N–H and O–H groups in total. The van der Waals surface area contributed by atoms with Crippen LogP contribution in [0.5, 0.6) is 0 Å². The molecule has 6 nitrogen and oxygen atoms in total. The van der Waals surface area contributed by atoms with Crippen molar-refractivity contribution in [3.05, 3.63) is 59.3 Å². The molecule has 0 saturated heterocycles. The molecular weight excluding hydrogens is 314 g/mol. The Bertz CT molecular complexity index is 879. The Labute approximate surface area is 147 Å². The second kappa shape index (κ2) is 6.93. The summed E-state index contributed by atoms with van der Waals surface area (Å²) in [4.78, 5) is 20.1. The summed E-state index contributed by atoms with van der Waals surface area (Å²) >= 11 is 0. The van der Waals surface area contributed by atoms with E-state index in [1.807, 2.05) is 58.2 Å². The predicted molar refractivity (Wildman–Crippen MR) is 97.0 cm³/mol. The Balaban J connectivity index is 1.67. The summed E-state index contributed by atoms with van der Waals surface area (Å²) in [6, 6.07) is 9.80. The molecule has 0 radical (unpaired) electrons. The van der Waals surface area contributed by atoms with Crippen LogP contribution >= 0.6 is 0 Å². The van der Waals surface area contributed by atoms with Crippen molar-refractivity contribution in [1.29, 1.82) is 0 Å². The molecule has 6 heteroatoms. The average molecular weight is 337 g/mol. The number of aromatic amines is 1. The van der Waals surface area contributed by atoms with Gasteiger partial charge in [0.2, 0.25) is 5.91 Å². The number of hydrogen-bond donors (Lipinski definition) is 2. The molecule has 0 aliphatic heterocycles. The van der Waals surface area contributed by atoms with Gasteiger partial charge in [0.25, 0.3) is 0 Å². The molecule has 0 fully saturated rings. The van der Waals surface area contributed by atoms with Crippen LogP contribution in [0.15, 0.2) is 36.5 Å². The third-order valence-electron chi connectivity index (χ3n) is 4.46. The molecule has 1 aromatic carbocycles. The van der Waals surface area contributed by atoms with Gasteiger partial charge in [0.15, 0.2) is 0 Å². The van der Waals surface area contributed by atoms with Crippen LogP contribution in [0.2, 0.25) is 0 Å². The van der Waals surface area contributed by atoms with Gasteiger partial charge in [0, 0.05) is 18.3 Å². The molecule has 1 amide bonds. The second-order valence-electron chi connectivity index (χ2n) is 6.29. The van der Waals surface area contributed by atoms with E-state index in [0.29, 0.717) is 6.42 Å². The number of nitrogens with one attached hydrogen (secondary N) is 2. The molecule has 25 heavy (non-hydrogen) atoms. The SMILES string of the molecule is Cc1nn(C)c(C)c1CC(=O)N[C@@H](C)c1ncc(-c2ccccc2)[nH]1. The van der Waals surface area contributed by atoms with E-state index in [1.54, 1.807) is 10.9 Å². The highest BCUT2D eigenvalue weighted by atomic mass is 16.1. The lowest BCUT2D eigenvalue weighted by molar-refractivity contribution is -0.121. The minimum Gasteiger partial charge on any atom is -0.346 e. The number of aromatic nitrogens is 4. The summed E-state index contributed by atoms with van der Waals surface area (Å²) in [7, 11) is 1.89. The average Bonchev–Trinajstić information content (AvgIpc) is 3.17. The van der Waals surface area contributed by atoms with Crippen LogP contribution in [0.25, 0.3) is 11.3 Å². The van der Waals surface area contributed by atoms with Gasteiger partial charge < -0.3 is 10.3 Å². The number of imidazole rings is 1. The lowest BCUT2D eigenvalue weighted by Gasteiger charge is -2.12. The van der Waals surface area contributed by atoms with Crippen molar-refractivity contribution in [2.45, 2.75) is 33.2 Å². The molecule has 0 spiro atoms. The van der Waals surface area contributed by atoms with E-state index in [2.05, 4.69) is 20.4 Å². The molecule has 2 heterocycles. The highest BCUT2D eigenvalue weighted by molar-refractivity contribution is 5.79. The number of H-pyrrole nitrogens is 1. The Morgan fingerprint density at radius 2 is 2.00 bits per heavy atom. The fourth-order valence-electron chi connectivity index (χ4n) is 2.92. The number of benzene rings is 1. The van der Waals surface area contributed by atoms with E-state index < -0.39 is 0 Å². The zero-order chi connectivity index (χ0) is 18.0. The maximum Gasteiger partial charge on any atom is 0.225 e. The molecule has 0 aliphatic carbocycles. The first-order valence-electron chi connectivity index (χ1n) is 8.34. The molecule has 3 rings (SSSR count). The summed E-state index contributed by atoms with van der Waals surface area (Å²) in [5, 5.41) is 7.36. The van der Waals surface area contributed by atoms with Gasteiger partial charge in [0.1, 0.15) is 5.82 Å². The number of carbonyl (C=O) groups is 1. The van der Waals surface area contributed by atoms with Crippen molar-refractivity contribution < 1.29 is 4.79 Å². The fraction of sp³-hybridized carbons (Fsp3) is 0.316. The number of hydrogen-bond acceptors (Lipinski definition) is 3. The first-order chi connectivity index (χ1) is 12.0. The molecule has 3 aromatic rings. The first kappa shape index (κ1) is 17.0. The van der Waals surface area contributed by atoms with E-state index >= 15 is 0 Å². The Morgan fingerprint density at radius 3 is 2.64 bits per heavy atom. The van der Waals surface area contributed by atoms with Crippen molar-refractivity contribution >= 4 is 5.91 Å². The van der Waals surface area contributed by atoms with Crippen molar-refractivity contribution in [2.24, 2.45) is 7.05 Å². The number of amides is 1. The Hall–Kier alpha value is -2.89. The van der Waals surface area contributed by atoms with E-state index in [4.69, 9.17) is 0 Å². The topological polar surface area (TPSA) is 75.6 Å². The van der Waals surface area contributed by atoms with E-state index in [0.717, 1.165) is 34.0 Å². The quantitative estimate of drug-likeness (QED) is 0.752.